The van der Waals surface area contributed by atoms with Gasteiger partial charge >= 0.3 is 0 Å². The molecular weight excluding hydrogens is 639 g/mol. The average Bonchev–Trinajstić information content (AvgIpc) is 3.82. The number of hydrogen-bond donors (Lipinski definition) is 0. The molecule has 0 unspecified atom stereocenters. The number of aromatic nitrogens is 5. The summed E-state index contributed by atoms with van der Waals surface area (Å²) in [6, 6.07) is 49.7. The van der Waals surface area contributed by atoms with Crippen LogP contribution in [0.3, 0.4) is 0 Å². The second-order valence-electron chi connectivity index (χ2n) is 13.6. The Kier molecular flexibility index (Phi) is 5.34. The van der Waals surface area contributed by atoms with Crippen molar-refractivity contribution >= 4 is 43.6 Å². The first kappa shape index (κ1) is 27.7. The van der Waals surface area contributed by atoms with E-state index in [1.807, 2.05) is 43.0 Å². The topological polar surface area (TPSA) is 57.8 Å². The first-order valence-corrected chi connectivity index (χ1v) is 17.5. The van der Waals surface area contributed by atoms with Crippen LogP contribution in [0.1, 0.15) is 22.3 Å². The van der Waals surface area contributed by atoms with Crippen molar-refractivity contribution in [2.24, 2.45) is 0 Å². The molecule has 52 heavy (non-hydrogen) atoms. The van der Waals surface area contributed by atoms with Crippen molar-refractivity contribution < 1.29 is 4.74 Å². The molecule has 12 rings (SSSR count). The molecule has 6 nitrogen and oxygen atoms in total. The van der Waals surface area contributed by atoms with Crippen molar-refractivity contribution in [3.05, 3.63) is 187 Å². The molecule has 2 aliphatic rings. The second kappa shape index (κ2) is 10.0. The molecule has 5 aromatic heterocycles. The van der Waals surface area contributed by atoms with Crippen molar-refractivity contribution in [1.82, 2.24) is 24.1 Å². The van der Waals surface area contributed by atoms with Gasteiger partial charge in [-0.1, -0.05) is 72.8 Å². The van der Waals surface area contributed by atoms with E-state index in [0.29, 0.717) is 0 Å². The molecule has 6 heteroatoms. The summed E-state index contributed by atoms with van der Waals surface area (Å²) in [5.41, 5.74) is 12.3. The van der Waals surface area contributed by atoms with E-state index in [0.717, 1.165) is 78.6 Å². The molecule has 0 amide bonds. The first-order valence-electron chi connectivity index (χ1n) is 17.5. The Morgan fingerprint density at radius 1 is 0.423 bits per heavy atom. The molecule has 6 heterocycles. The van der Waals surface area contributed by atoms with Gasteiger partial charge in [-0.3, -0.25) is 15.0 Å². The van der Waals surface area contributed by atoms with Crippen LogP contribution < -0.4 is 4.74 Å². The van der Waals surface area contributed by atoms with Crippen LogP contribution in [-0.2, 0) is 5.41 Å². The second-order valence-corrected chi connectivity index (χ2v) is 13.6. The van der Waals surface area contributed by atoms with Crippen molar-refractivity contribution in [1.29, 1.82) is 0 Å². The largest absolute Gasteiger partial charge is 0.457 e. The molecule has 1 aliphatic heterocycles. The Bertz CT molecular complexity index is 3040. The van der Waals surface area contributed by atoms with Gasteiger partial charge in [0.05, 0.1) is 45.1 Å². The minimum atomic E-state index is -0.608. The van der Waals surface area contributed by atoms with Gasteiger partial charge in [0.25, 0.3) is 0 Å². The molecule has 5 aromatic carbocycles. The molecular formula is C46H27N5O. The van der Waals surface area contributed by atoms with Gasteiger partial charge in [0.1, 0.15) is 11.5 Å². The highest BCUT2D eigenvalue weighted by Crippen LogP contribution is 2.61. The fraction of sp³-hybridized carbons (Fsp3) is 0.0217. The van der Waals surface area contributed by atoms with Gasteiger partial charge < -0.3 is 13.9 Å². The highest BCUT2D eigenvalue weighted by atomic mass is 16.5. The van der Waals surface area contributed by atoms with Gasteiger partial charge in [0, 0.05) is 68.7 Å². The number of nitrogens with zero attached hydrogens (tertiary/aromatic N) is 5. The fourth-order valence-electron chi connectivity index (χ4n) is 9.17. The third-order valence-corrected chi connectivity index (χ3v) is 11.2. The maximum Gasteiger partial charge on any atom is 0.134 e. The van der Waals surface area contributed by atoms with Crippen LogP contribution in [0, 0.1) is 0 Å². The van der Waals surface area contributed by atoms with Crippen LogP contribution >= 0.6 is 0 Å². The van der Waals surface area contributed by atoms with E-state index < -0.39 is 5.41 Å². The lowest BCUT2D eigenvalue weighted by molar-refractivity contribution is 0.436. The Hall–Kier alpha value is -7.05. The van der Waals surface area contributed by atoms with Crippen molar-refractivity contribution in [2.75, 3.05) is 0 Å². The molecule has 242 valence electrons. The quantitative estimate of drug-likeness (QED) is 0.184. The maximum atomic E-state index is 6.84. The average molecular weight is 666 g/mol. The Labute approximate surface area is 297 Å². The lowest BCUT2D eigenvalue weighted by atomic mass is 9.66. The predicted octanol–water partition coefficient (Wildman–Crippen LogP) is 10.5. The Morgan fingerprint density at radius 2 is 1.00 bits per heavy atom. The van der Waals surface area contributed by atoms with E-state index in [2.05, 4.69) is 135 Å². The third-order valence-electron chi connectivity index (χ3n) is 11.2. The lowest BCUT2D eigenvalue weighted by Crippen LogP contribution is -2.32. The molecule has 0 N–H and O–H groups in total. The molecule has 0 fully saturated rings. The highest BCUT2D eigenvalue weighted by molar-refractivity contribution is 6.12. The molecule has 10 aromatic rings. The molecule has 0 saturated carbocycles. The van der Waals surface area contributed by atoms with Crippen LogP contribution in [0.5, 0.6) is 11.5 Å². The van der Waals surface area contributed by atoms with Crippen LogP contribution in [0.25, 0.3) is 66.4 Å². The van der Waals surface area contributed by atoms with Gasteiger partial charge in [-0.2, -0.15) is 0 Å². The molecule has 0 saturated heterocycles. The minimum Gasteiger partial charge on any atom is -0.457 e. The van der Waals surface area contributed by atoms with E-state index in [1.54, 1.807) is 0 Å². The maximum absolute atomic E-state index is 6.84. The SMILES string of the molecule is c1ccc2c(c1)Oc1cc(-n3c4ccccc4c4cc(-n5c6ccccc6c6ccncc65)ccc43)ccc1C21c2cccnc2-c2ncccc21. The summed E-state index contributed by atoms with van der Waals surface area (Å²) in [7, 11) is 0. The van der Waals surface area contributed by atoms with E-state index >= 15 is 0 Å². The van der Waals surface area contributed by atoms with Gasteiger partial charge in [-0.05, 0) is 71.8 Å². The zero-order valence-corrected chi connectivity index (χ0v) is 27.7. The Morgan fingerprint density at radius 3 is 1.79 bits per heavy atom. The van der Waals surface area contributed by atoms with Crippen LogP contribution in [-0.4, -0.2) is 24.1 Å². The molecule has 0 radical (unpaired) electrons. The zero-order valence-electron chi connectivity index (χ0n) is 27.7. The normalized spacial score (nSPS) is 13.7. The van der Waals surface area contributed by atoms with Crippen molar-refractivity contribution in [3.8, 4) is 34.3 Å². The van der Waals surface area contributed by atoms with Gasteiger partial charge in [-0.15, -0.1) is 0 Å². The van der Waals surface area contributed by atoms with Crippen molar-refractivity contribution in [3.63, 3.8) is 0 Å². The molecule has 1 spiro atoms. The van der Waals surface area contributed by atoms with Gasteiger partial charge in [0.15, 0.2) is 0 Å². The first-order chi connectivity index (χ1) is 25.8. The van der Waals surface area contributed by atoms with Crippen LogP contribution in [0.15, 0.2) is 164 Å². The zero-order chi connectivity index (χ0) is 34.0. The number of pyridine rings is 3. The number of hydrogen-bond acceptors (Lipinski definition) is 4. The third kappa shape index (κ3) is 3.41. The summed E-state index contributed by atoms with van der Waals surface area (Å²) in [4.78, 5) is 14.2. The standard InChI is InChI=1S/C46H27N5O/c1-4-14-38-30(9-1)32-21-24-47-27-41(32)51(38)28-18-20-40-33(25-28)31-10-2-5-15-39(31)50(40)29-17-19-35-43(26-29)52-42-16-6-3-11-34(42)46(35)36-12-7-22-48-44(36)45-37(46)13-8-23-49-45/h1-27H. The Balaban J connectivity index is 1.10. The lowest BCUT2D eigenvalue weighted by Gasteiger charge is -2.39. The molecule has 1 aliphatic carbocycles. The van der Waals surface area contributed by atoms with Crippen molar-refractivity contribution in [2.45, 2.75) is 5.41 Å². The van der Waals surface area contributed by atoms with Crippen LogP contribution in [0.4, 0.5) is 0 Å². The van der Waals surface area contributed by atoms with E-state index in [1.165, 1.54) is 21.5 Å². The number of para-hydroxylation sites is 3. The predicted molar refractivity (Wildman–Crippen MR) is 206 cm³/mol. The summed E-state index contributed by atoms with van der Waals surface area (Å²) in [6.45, 7) is 0. The van der Waals surface area contributed by atoms with E-state index in [4.69, 9.17) is 14.7 Å². The smallest absolute Gasteiger partial charge is 0.134 e. The van der Waals surface area contributed by atoms with Gasteiger partial charge in [0.2, 0.25) is 0 Å². The molecule has 0 atom stereocenters. The summed E-state index contributed by atoms with van der Waals surface area (Å²) >= 11 is 0. The number of fused-ring (bicyclic) bond motifs is 15. The van der Waals surface area contributed by atoms with Gasteiger partial charge in [-0.25, -0.2) is 0 Å². The summed E-state index contributed by atoms with van der Waals surface area (Å²) in [5, 5.41) is 4.78. The fourth-order valence-corrected chi connectivity index (χ4v) is 9.17. The monoisotopic (exact) mass is 665 g/mol. The summed E-state index contributed by atoms with van der Waals surface area (Å²) in [5.74, 6) is 1.66. The van der Waals surface area contributed by atoms with E-state index in [9.17, 15) is 0 Å². The van der Waals surface area contributed by atoms with E-state index in [-0.39, 0.29) is 0 Å². The number of benzene rings is 5. The highest BCUT2D eigenvalue weighted by Gasteiger charge is 2.52. The number of rotatable bonds is 2. The minimum absolute atomic E-state index is 0.608. The molecule has 0 bridgehead atoms. The summed E-state index contributed by atoms with van der Waals surface area (Å²) < 4.78 is 11.5. The summed E-state index contributed by atoms with van der Waals surface area (Å²) in [6.07, 6.45) is 7.56. The number of ether oxygens (including phenoxy) is 1. The van der Waals surface area contributed by atoms with Crippen LogP contribution in [0.2, 0.25) is 0 Å².